The van der Waals surface area contributed by atoms with Crippen molar-refractivity contribution in [2.45, 2.75) is 98.3 Å². The number of unbranched alkanes of at least 4 members (excludes halogenated alkanes) is 5. The van der Waals surface area contributed by atoms with Crippen molar-refractivity contribution in [2.75, 3.05) is 0 Å². The summed E-state index contributed by atoms with van der Waals surface area (Å²) in [5.41, 5.74) is 1.49. The van der Waals surface area contributed by atoms with Crippen LogP contribution in [0, 0.1) is 17.8 Å². The molecule has 0 saturated carbocycles. The first-order valence-corrected chi connectivity index (χ1v) is 9.75. The third-order valence-corrected chi connectivity index (χ3v) is 4.81. The summed E-state index contributed by atoms with van der Waals surface area (Å²) in [5, 5.41) is 0. The number of rotatable bonds is 15. The Bertz CT molecular complexity index is 274. The average molecular weight is 307 g/mol. The minimum absolute atomic E-state index is 0.715. The summed E-state index contributed by atoms with van der Waals surface area (Å²) < 4.78 is 0. The van der Waals surface area contributed by atoms with Crippen LogP contribution in [-0.4, -0.2) is 0 Å². The summed E-state index contributed by atoms with van der Waals surface area (Å²) in [6.07, 6.45) is 16.7. The van der Waals surface area contributed by atoms with Crippen LogP contribution in [-0.2, 0) is 0 Å². The molecule has 0 fully saturated rings. The first-order valence-electron chi connectivity index (χ1n) is 9.75. The van der Waals surface area contributed by atoms with E-state index in [9.17, 15) is 0 Å². The normalized spacial score (nSPS) is 14.0. The van der Waals surface area contributed by atoms with Gasteiger partial charge in [0.2, 0.25) is 0 Å². The molecule has 0 N–H and O–H groups in total. The van der Waals surface area contributed by atoms with E-state index in [4.69, 9.17) is 0 Å². The monoisotopic (exact) mass is 306 g/mol. The third-order valence-electron chi connectivity index (χ3n) is 4.81. The second-order valence-electron chi connectivity index (χ2n) is 7.82. The summed E-state index contributed by atoms with van der Waals surface area (Å²) >= 11 is 0. The van der Waals surface area contributed by atoms with Crippen molar-refractivity contribution in [2.24, 2.45) is 17.8 Å². The van der Waals surface area contributed by atoms with Gasteiger partial charge in [0.15, 0.2) is 0 Å². The van der Waals surface area contributed by atoms with Gasteiger partial charge in [0.05, 0.1) is 0 Å². The Labute approximate surface area is 141 Å². The summed E-state index contributed by atoms with van der Waals surface area (Å²) in [7, 11) is 0. The van der Waals surface area contributed by atoms with Crippen molar-refractivity contribution in [3.05, 3.63) is 24.8 Å². The largest absolute Gasteiger partial charge is 0.103 e. The van der Waals surface area contributed by atoms with Gasteiger partial charge in [0.1, 0.15) is 0 Å². The molecule has 130 valence electrons. The van der Waals surface area contributed by atoms with Crippen molar-refractivity contribution < 1.29 is 0 Å². The van der Waals surface area contributed by atoms with E-state index in [1.165, 1.54) is 76.2 Å². The van der Waals surface area contributed by atoms with E-state index in [1.807, 2.05) is 6.08 Å². The van der Waals surface area contributed by atoms with Gasteiger partial charge in [-0.15, -0.1) is 6.58 Å². The Kier molecular flexibility index (Phi) is 13.8. The Hall–Kier alpha value is -0.520. The fourth-order valence-corrected chi connectivity index (χ4v) is 3.32. The highest BCUT2D eigenvalue weighted by atomic mass is 14.1. The molecule has 0 nitrogen and oxygen atoms in total. The summed E-state index contributed by atoms with van der Waals surface area (Å²) in [6, 6.07) is 0. The van der Waals surface area contributed by atoms with Crippen LogP contribution in [0.25, 0.3) is 0 Å². The van der Waals surface area contributed by atoms with E-state index in [0.717, 1.165) is 11.8 Å². The van der Waals surface area contributed by atoms with Crippen molar-refractivity contribution in [3.63, 3.8) is 0 Å². The molecule has 0 rings (SSSR count). The lowest BCUT2D eigenvalue weighted by Crippen LogP contribution is -2.03. The van der Waals surface area contributed by atoms with Crippen LogP contribution in [0.3, 0.4) is 0 Å². The van der Waals surface area contributed by atoms with Gasteiger partial charge in [-0.25, -0.2) is 0 Å². The Morgan fingerprint density at radius 1 is 0.864 bits per heavy atom. The van der Waals surface area contributed by atoms with E-state index in [-0.39, 0.29) is 0 Å². The number of hydrogen-bond acceptors (Lipinski definition) is 0. The maximum atomic E-state index is 4.33. The molecular weight excluding hydrogens is 264 g/mol. The molecule has 0 saturated heterocycles. The highest BCUT2D eigenvalue weighted by Crippen LogP contribution is 2.24. The zero-order valence-corrected chi connectivity index (χ0v) is 16.0. The molecule has 0 aromatic carbocycles. The van der Waals surface area contributed by atoms with Crippen molar-refractivity contribution in [1.82, 2.24) is 0 Å². The van der Waals surface area contributed by atoms with Crippen LogP contribution in [0.1, 0.15) is 98.3 Å². The average Bonchev–Trinajstić information content (AvgIpc) is 2.45. The number of allylic oxidation sites excluding steroid dienone is 2. The van der Waals surface area contributed by atoms with E-state index in [2.05, 4.69) is 40.9 Å². The van der Waals surface area contributed by atoms with Crippen LogP contribution in [0.15, 0.2) is 24.8 Å². The van der Waals surface area contributed by atoms with Gasteiger partial charge >= 0.3 is 0 Å². The minimum Gasteiger partial charge on any atom is -0.103 e. The topological polar surface area (TPSA) is 0 Å². The lowest BCUT2D eigenvalue weighted by molar-refractivity contribution is 0.389. The smallest absolute Gasteiger partial charge is 0.0234 e. The summed E-state index contributed by atoms with van der Waals surface area (Å²) in [5.74, 6) is 2.44. The molecule has 0 heterocycles. The van der Waals surface area contributed by atoms with Crippen LogP contribution in [0.5, 0.6) is 0 Å². The maximum Gasteiger partial charge on any atom is -0.0234 e. The predicted molar refractivity (Wildman–Crippen MR) is 103 cm³/mol. The van der Waals surface area contributed by atoms with Gasteiger partial charge in [0, 0.05) is 0 Å². The molecule has 0 aliphatic heterocycles. The fraction of sp³-hybridized carbons (Fsp3) is 0.818. The molecule has 0 aromatic heterocycles. The Balaban J connectivity index is 3.56. The SMILES string of the molecule is C=CCCCCCCCC(=C)C(C)CCCC(C)CC(C)C. The van der Waals surface area contributed by atoms with E-state index < -0.39 is 0 Å². The van der Waals surface area contributed by atoms with Gasteiger partial charge in [-0.3, -0.25) is 0 Å². The highest BCUT2D eigenvalue weighted by Gasteiger charge is 2.09. The zero-order chi connectivity index (χ0) is 16.8. The maximum absolute atomic E-state index is 4.33. The highest BCUT2D eigenvalue weighted by molar-refractivity contribution is 4.98. The van der Waals surface area contributed by atoms with Crippen molar-refractivity contribution in [3.8, 4) is 0 Å². The molecule has 0 spiro atoms. The first-order chi connectivity index (χ1) is 10.5. The molecule has 0 heteroatoms. The quantitative estimate of drug-likeness (QED) is 0.213. The number of hydrogen-bond donors (Lipinski definition) is 0. The zero-order valence-electron chi connectivity index (χ0n) is 16.0. The van der Waals surface area contributed by atoms with Gasteiger partial charge in [-0.05, 0) is 56.3 Å². The predicted octanol–water partition coefficient (Wildman–Crippen LogP) is 7.95. The first kappa shape index (κ1) is 21.5. The van der Waals surface area contributed by atoms with Gasteiger partial charge < -0.3 is 0 Å². The van der Waals surface area contributed by atoms with Gasteiger partial charge in [0.25, 0.3) is 0 Å². The molecule has 0 bridgehead atoms. The van der Waals surface area contributed by atoms with Crippen LogP contribution < -0.4 is 0 Å². The van der Waals surface area contributed by atoms with E-state index >= 15 is 0 Å². The molecule has 22 heavy (non-hydrogen) atoms. The minimum atomic E-state index is 0.715. The molecule has 2 unspecified atom stereocenters. The Morgan fingerprint density at radius 3 is 2.14 bits per heavy atom. The van der Waals surface area contributed by atoms with Crippen molar-refractivity contribution >= 4 is 0 Å². The molecule has 0 aromatic rings. The van der Waals surface area contributed by atoms with Crippen LogP contribution in [0.2, 0.25) is 0 Å². The molecular formula is C22H42. The summed E-state index contributed by atoms with van der Waals surface area (Å²) in [6.45, 7) is 17.6. The summed E-state index contributed by atoms with van der Waals surface area (Å²) in [4.78, 5) is 0. The Morgan fingerprint density at radius 2 is 1.50 bits per heavy atom. The fourth-order valence-electron chi connectivity index (χ4n) is 3.32. The molecule has 0 amide bonds. The van der Waals surface area contributed by atoms with Gasteiger partial charge in [-0.1, -0.05) is 78.0 Å². The van der Waals surface area contributed by atoms with Gasteiger partial charge in [-0.2, -0.15) is 0 Å². The third kappa shape index (κ3) is 13.2. The molecule has 2 atom stereocenters. The second kappa shape index (κ2) is 14.1. The van der Waals surface area contributed by atoms with Crippen LogP contribution in [0.4, 0.5) is 0 Å². The van der Waals surface area contributed by atoms with E-state index in [1.54, 1.807) is 0 Å². The molecule has 0 aliphatic rings. The lowest BCUT2D eigenvalue weighted by Gasteiger charge is -2.17. The lowest BCUT2D eigenvalue weighted by atomic mass is 9.89. The van der Waals surface area contributed by atoms with Crippen LogP contribution >= 0.6 is 0 Å². The van der Waals surface area contributed by atoms with E-state index in [0.29, 0.717) is 5.92 Å². The second-order valence-corrected chi connectivity index (χ2v) is 7.82. The molecule has 0 radical (unpaired) electrons. The van der Waals surface area contributed by atoms with Crippen molar-refractivity contribution in [1.29, 1.82) is 0 Å². The molecule has 0 aliphatic carbocycles. The standard InChI is InChI=1S/C22H42/c1-7-8-9-10-11-12-13-16-21(5)22(6)17-14-15-20(4)18-19(2)3/h7,19-20,22H,1,5,8-18H2,2-4,6H3.